The second kappa shape index (κ2) is 9.34. The van der Waals surface area contributed by atoms with Gasteiger partial charge < -0.3 is 5.32 Å². The summed E-state index contributed by atoms with van der Waals surface area (Å²) in [6.45, 7) is 9.97. The molecule has 4 aromatic rings. The largest absolute Gasteiger partial charge is 0.344 e. The molecule has 2 N–H and O–H groups in total. The Hall–Kier alpha value is -3.59. The van der Waals surface area contributed by atoms with E-state index in [0.717, 1.165) is 17.5 Å². The van der Waals surface area contributed by atoms with Gasteiger partial charge in [0.2, 0.25) is 0 Å². The maximum absolute atomic E-state index is 13.3. The Morgan fingerprint density at radius 1 is 1.06 bits per heavy atom. The summed E-state index contributed by atoms with van der Waals surface area (Å²) in [5, 5.41) is 11.0. The predicted molar refractivity (Wildman–Crippen MR) is 134 cm³/mol. The molecule has 0 spiro atoms. The summed E-state index contributed by atoms with van der Waals surface area (Å²) in [7, 11) is 0. The number of aromatic nitrogens is 4. The third kappa shape index (κ3) is 4.84. The number of hydrogen-bond donors (Lipinski definition) is 2. The Morgan fingerprint density at radius 3 is 2.35 bits per heavy atom. The lowest BCUT2D eigenvalue weighted by Crippen LogP contribution is -2.29. The lowest BCUT2D eigenvalue weighted by Gasteiger charge is -2.19. The van der Waals surface area contributed by atoms with E-state index in [9.17, 15) is 9.59 Å². The molecule has 1 atom stereocenters. The zero-order valence-electron chi connectivity index (χ0n) is 19.9. The molecule has 4 rings (SSSR count). The maximum atomic E-state index is 13.3. The van der Waals surface area contributed by atoms with Crippen LogP contribution in [0.1, 0.15) is 72.1 Å². The van der Waals surface area contributed by atoms with Crippen LogP contribution in [0.25, 0.3) is 10.3 Å². The topological polar surface area (TPSA) is 102 Å². The van der Waals surface area contributed by atoms with Crippen molar-refractivity contribution in [2.45, 2.75) is 52.6 Å². The molecule has 0 saturated heterocycles. The highest BCUT2D eigenvalue weighted by molar-refractivity contribution is 7.22. The maximum Gasteiger partial charge on any atom is 0.273 e. The minimum atomic E-state index is -0.404. The zero-order valence-corrected chi connectivity index (χ0v) is 20.7. The van der Waals surface area contributed by atoms with Gasteiger partial charge in [0.25, 0.3) is 11.8 Å². The van der Waals surface area contributed by atoms with Crippen LogP contribution in [0.4, 0.5) is 5.13 Å². The monoisotopic (exact) mass is 476 g/mol. The fraction of sp³-hybridized carbons (Fsp3) is 0.320. The van der Waals surface area contributed by atoms with E-state index in [-0.39, 0.29) is 17.9 Å². The summed E-state index contributed by atoms with van der Waals surface area (Å²) < 4.78 is 2.37. The minimum absolute atomic E-state index is 0.168. The molecule has 3 heterocycles. The number of carbonyl (C=O) groups excluding carboxylic acids is 2. The van der Waals surface area contributed by atoms with E-state index in [1.54, 1.807) is 29.2 Å². The first-order chi connectivity index (χ1) is 16.2. The van der Waals surface area contributed by atoms with E-state index in [4.69, 9.17) is 0 Å². The van der Waals surface area contributed by atoms with E-state index in [1.165, 1.54) is 11.3 Å². The molecular weight excluding hydrogens is 448 g/mol. The van der Waals surface area contributed by atoms with Crippen molar-refractivity contribution in [3.05, 3.63) is 71.2 Å². The number of benzene rings is 1. The van der Waals surface area contributed by atoms with Crippen LogP contribution in [0.2, 0.25) is 0 Å². The summed E-state index contributed by atoms with van der Waals surface area (Å²) in [5.74, 6) is -0.530. The first kappa shape index (κ1) is 23.6. The predicted octanol–water partition coefficient (Wildman–Crippen LogP) is 5.08. The molecule has 2 amide bonds. The highest BCUT2D eigenvalue weighted by Gasteiger charge is 2.28. The Labute approximate surface area is 202 Å². The highest BCUT2D eigenvalue weighted by Crippen LogP contribution is 2.33. The molecule has 34 heavy (non-hydrogen) atoms. The van der Waals surface area contributed by atoms with Crippen LogP contribution in [0.3, 0.4) is 0 Å². The van der Waals surface area contributed by atoms with Crippen molar-refractivity contribution in [1.29, 1.82) is 0 Å². The number of nitrogens with one attached hydrogen (secondary N) is 2. The van der Waals surface area contributed by atoms with Crippen molar-refractivity contribution >= 4 is 38.6 Å². The number of amides is 2. The van der Waals surface area contributed by atoms with Gasteiger partial charge in [-0.05, 0) is 63.9 Å². The Kier molecular flexibility index (Phi) is 6.47. The van der Waals surface area contributed by atoms with Gasteiger partial charge in [0.1, 0.15) is 4.70 Å². The van der Waals surface area contributed by atoms with Gasteiger partial charge in [-0.25, -0.2) is 4.68 Å². The number of thiazole rings is 1. The van der Waals surface area contributed by atoms with Crippen molar-refractivity contribution in [3.63, 3.8) is 0 Å². The van der Waals surface area contributed by atoms with Crippen molar-refractivity contribution in [1.82, 2.24) is 25.1 Å². The number of anilines is 1. The van der Waals surface area contributed by atoms with Gasteiger partial charge in [0.05, 0.1) is 11.6 Å². The van der Waals surface area contributed by atoms with Crippen LogP contribution in [0.5, 0.6) is 0 Å². The third-order valence-electron chi connectivity index (χ3n) is 5.43. The van der Waals surface area contributed by atoms with Crippen LogP contribution >= 0.6 is 11.3 Å². The normalized spacial score (nSPS) is 12.5. The summed E-state index contributed by atoms with van der Waals surface area (Å²) in [6, 6.07) is 10.9. The molecule has 0 saturated carbocycles. The molecule has 3 aromatic heterocycles. The lowest BCUT2D eigenvalue weighted by molar-refractivity contribution is 0.0930. The van der Waals surface area contributed by atoms with E-state index in [0.29, 0.717) is 26.7 Å². The molecule has 8 nitrogen and oxygen atoms in total. The van der Waals surface area contributed by atoms with Gasteiger partial charge in [0.15, 0.2) is 16.5 Å². The van der Waals surface area contributed by atoms with Gasteiger partial charge in [0, 0.05) is 18.0 Å². The molecule has 176 valence electrons. The van der Waals surface area contributed by atoms with Gasteiger partial charge >= 0.3 is 0 Å². The fourth-order valence-corrected chi connectivity index (χ4v) is 4.51. The van der Waals surface area contributed by atoms with Gasteiger partial charge in [-0.2, -0.15) is 10.1 Å². The smallest absolute Gasteiger partial charge is 0.273 e. The van der Waals surface area contributed by atoms with Crippen LogP contribution in [-0.2, 0) is 5.54 Å². The Balaban J connectivity index is 1.66. The molecule has 0 fully saturated rings. The molecule has 1 aromatic carbocycles. The summed E-state index contributed by atoms with van der Waals surface area (Å²) in [4.78, 5) is 34.7. The summed E-state index contributed by atoms with van der Waals surface area (Å²) in [5.41, 5.74) is 3.06. The number of carbonyl (C=O) groups is 2. The number of aryl methyl sites for hydroxylation is 1. The second-order valence-corrected chi connectivity index (χ2v) is 10.1. The van der Waals surface area contributed by atoms with Gasteiger partial charge in [-0.3, -0.25) is 19.9 Å². The lowest BCUT2D eigenvalue weighted by atomic mass is 10.1. The molecule has 0 aliphatic rings. The van der Waals surface area contributed by atoms with Crippen molar-refractivity contribution in [3.8, 4) is 0 Å². The van der Waals surface area contributed by atoms with Crippen molar-refractivity contribution < 1.29 is 9.59 Å². The van der Waals surface area contributed by atoms with Crippen LogP contribution in [0, 0.1) is 6.92 Å². The van der Waals surface area contributed by atoms with Crippen LogP contribution in [0.15, 0.2) is 48.8 Å². The molecule has 0 radical (unpaired) electrons. The summed E-state index contributed by atoms with van der Waals surface area (Å²) in [6.07, 6.45) is 4.14. The first-order valence-electron chi connectivity index (χ1n) is 11.2. The summed E-state index contributed by atoms with van der Waals surface area (Å²) >= 11 is 1.25. The van der Waals surface area contributed by atoms with Crippen molar-refractivity contribution in [2.75, 3.05) is 5.32 Å². The van der Waals surface area contributed by atoms with Gasteiger partial charge in [-0.1, -0.05) is 36.0 Å². The molecule has 9 heteroatoms. The third-order valence-corrected chi connectivity index (χ3v) is 6.40. The zero-order chi connectivity index (χ0) is 24.5. The number of rotatable bonds is 6. The number of pyridine rings is 1. The Morgan fingerprint density at radius 2 is 1.74 bits per heavy atom. The molecular formula is C25H28N6O2S. The number of fused-ring (bicyclic) bond motifs is 1. The fourth-order valence-electron chi connectivity index (χ4n) is 3.59. The van der Waals surface area contributed by atoms with E-state index < -0.39 is 5.54 Å². The molecule has 0 aliphatic heterocycles. The van der Waals surface area contributed by atoms with Crippen LogP contribution in [-0.4, -0.2) is 31.6 Å². The Bertz CT molecular complexity index is 1320. The standard InChI is InChI=1S/C25H28N6O2S/c1-6-18(16-11-13-26-14-12-16)27-23(33)19-20-21(31(30-19)25(3,4)5)28-24(34-20)29-22(32)17-9-7-15(2)8-10-17/h7-14,18H,6H2,1-5H3,(H,27,33)(H,28,29,32). The highest BCUT2D eigenvalue weighted by atomic mass is 32.1. The first-order valence-corrected chi connectivity index (χ1v) is 12.0. The molecule has 0 aliphatic carbocycles. The van der Waals surface area contributed by atoms with E-state index in [1.807, 2.05) is 58.9 Å². The molecule has 0 bridgehead atoms. The van der Waals surface area contributed by atoms with E-state index >= 15 is 0 Å². The minimum Gasteiger partial charge on any atom is -0.344 e. The van der Waals surface area contributed by atoms with Gasteiger partial charge in [-0.15, -0.1) is 0 Å². The van der Waals surface area contributed by atoms with Crippen LogP contribution < -0.4 is 10.6 Å². The second-order valence-electron chi connectivity index (χ2n) is 9.14. The number of nitrogens with zero attached hydrogens (tertiary/aromatic N) is 4. The number of hydrogen-bond acceptors (Lipinski definition) is 6. The molecule has 1 unspecified atom stereocenters. The van der Waals surface area contributed by atoms with Crippen molar-refractivity contribution in [2.24, 2.45) is 0 Å². The quantitative estimate of drug-likeness (QED) is 0.404. The SMILES string of the molecule is CCC(NC(=O)c1nn(C(C)(C)C)c2nc(NC(=O)c3ccc(C)cc3)sc12)c1ccncc1. The average molecular weight is 477 g/mol. The van der Waals surface area contributed by atoms with E-state index in [2.05, 4.69) is 25.7 Å². The average Bonchev–Trinajstić information content (AvgIpc) is 3.36.